The Morgan fingerprint density at radius 3 is 2.06 bits per heavy atom. The molecule has 0 fully saturated rings. The molecule has 9 heteroatoms. The van der Waals surface area contributed by atoms with Gasteiger partial charge in [0.1, 0.15) is 23.1 Å². The Morgan fingerprint density at radius 1 is 0.771 bits per heavy atom. The second-order valence-corrected chi connectivity index (χ2v) is 7.38. The van der Waals surface area contributed by atoms with Crippen LogP contribution in [0.3, 0.4) is 0 Å². The molecule has 0 radical (unpaired) electrons. The van der Waals surface area contributed by atoms with Gasteiger partial charge in [0.15, 0.2) is 11.5 Å². The predicted octanol–water partition coefficient (Wildman–Crippen LogP) is 3.82. The number of esters is 2. The lowest BCUT2D eigenvalue weighted by Gasteiger charge is -2.10. The molecule has 4 rings (SSSR count). The average Bonchev–Trinajstić information content (AvgIpc) is 3.26. The van der Waals surface area contributed by atoms with Gasteiger partial charge in [-0.2, -0.15) is 0 Å². The zero-order valence-electron chi connectivity index (χ0n) is 19.5. The summed E-state index contributed by atoms with van der Waals surface area (Å²) in [5.41, 5.74) is 1.38. The highest BCUT2D eigenvalue weighted by molar-refractivity contribution is 6.20. The van der Waals surface area contributed by atoms with Crippen LogP contribution in [0, 0.1) is 0 Å². The lowest BCUT2D eigenvalue weighted by molar-refractivity contribution is 0.0556. The summed E-state index contributed by atoms with van der Waals surface area (Å²) < 4.78 is 22.0. The van der Waals surface area contributed by atoms with Gasteiger partial charge in [-0.05, 0) is 24.3 Å². The molecule has 0 saturated carbocycles. The standard InChI is InChI=1S/C26H22N2O7/c1-32-19-11-10-16(12-20(19)33-2)17-13-18-21(25(30)34-3)22(26(31)35-4)23(28(18)14-27-17)24(29)15-8-6-5-7-9-15/h5-14H,1-4H3. The Balaban J connectivity index is 2.02. The van der Waals surface area contributed by atoms with Crippen molar-refractivity contribution in [3.8, 4) is 22.8 Å². The molecule has 0 unspecified atom stereocenters. The highest BCUT2D eigenvalue weighted by Crippen LogP contribution is 2.34. The van der Waals surface area contributed by atoms with Gasteiger partial charge < -0.3 is 18.9 Å². The van der Waals surface area contributed by atoms with E-state index in [9.17, 15) is 14.4 Å². The molecule has 0 saturated heterocycles. The minimum atomic E-state index is -0.846. The molecule has 178 valence electrons. The molecule has 0 aliphatic heterocycles. The van der Waals surface area contributed by atoms with Gasteiger partial charge in [-0.25, -0.2) is 14.6 Å². The Bertz CT molecular complexity index is 1440. The molecule has 0 N–H and O–H groups in total. The second-order valence-electron chi connectivity index (χ2n) is 7.38. The van der Waals surface area contributed by atoms with Crippen LogP contribution in [0.1, 0.15) is 36.8 Å². The van der Waals surface area contributed by atoms with Gasteiger partial charge in [-0.15, -0.1) is 0 Å². The monoisotopic (exact) mass is 474 g/mol. The van der Waals surface area contributed by atoms with Crippen molar-refractivity contribution in [3.05, 3.63) is 83.3 Å². The van der Waals surface area contributed by atoms with Gasteiger partial charge in [-0.1, -0.05) is 30.3 Å². The van der Waals surface area contributed by atoms with E-state index in [1.165, 1.54) is 39.2 Å². The van der Waals surface area contributed by atoms with Gasteiger partial charge in [-0.3, -0.25) is 9.20 Å². The van der Waals surface area contributed by atoms with Gasteiger partial charge in [0, 0.05) is 11.1 Å². The summed E-state index contributed by atoms with van der Waals surface area (Å²) in [4.78, 5) is 43.7. The third-order valence-electron chi connectivity index (χ3n) is 5.54. The molecular weight excluding hydrogens is 452 g/mol. The highest BCUT2D eigenvalue weighted by Gasteiger charge is 2.33. The summed E-state index contributed by atoms with van der Waals surface area (Å²) in [5, 5.41) is 0. The van der Waals surface area contributed by atoms with Crippen molar-refractivity contribution < 1.29 is 33.3 Å². The number of fused-ring (bicyclic) bond motifs is 1. The van der Waals surface area contributed by atoms with Gasteiger partial charge >= 0.3 is 11.9 Å². The van der Waals surface area contributed by atoms with Crippen LogP contribution in [0.15, 0.2) is 60.9 Å². The van der Waals surface area contributed by atoms with Crippen LogP contribution in [0.4, 0.5) is 0 Å². The van der Waals surface area contributed by atoms with Crippen LogP contribution in [-0.2, 0) is 9.47 Å². The smallest absolute Gasteiger partial charge is 0.341 e. The molecule has 0 atom stereocenters. The lowest BCUT2D eigenvalue weighted by atomic mass is 10.0. The fraction of sp³-hybridized carbons (Fsp3) is 0.154. The number of carbonyl (C=O) groups excluding carboxylic acids is 3. The largest absolute Gasteiger partial charge is 0.493 e. The van der Waals surface area contributed by atoms with E-state index in [1.807, 2.05) is 0 Å². The summed E-state index contributed by atoms with van der Waals surface area (Å²) >= 11 is 0. The molecule has 2 heterocycles. The first kappa shape index (κ1) is 23.5. The van der Waals surface area contributed by atoms with Crippen molar-refractivity contribution in [3.63, 3.8) is 0 Å². The number of ketones is 1. The number of methoxy groups -OCH3 is 4. The molecule has 0 aliphatic carbocycles. The van der Waals surface area contributed by atoms with Crippen molar-refractivity contribution >= 4 is 23.2 Å². The zero-order valence-corrected chi connectivity index (χ0v) is 19.5. The van der Waals surface area contributed by atoms with Gasteiger partial charge in [0.2, 0.25) is 5.78 Å². The van der Waals surface area contributed by atoms with E-state index in [-0.39, 0.29) is 22.3 Å². The SMILES string of the molecule is COC(=O)c1c(C(=O)OC)c2cc(-c3ccc(OC)c(OC)c3)ncn2c1C(=O)c1ccccc1. The lowest BCUT2D eigenvalue weighted by Crippen LogP contribution is -2.15. The minimum Gasteiger partial charge on any atom is -0.493 e. The number of benzene rings is 2. The number of aromatic nitrogens is 2. The van der Waals surface area contributed by atoms with Crippen molar-refractivity contribution in [2.45, 2.75) is 0 Å². The highest BCUT2D eigenvalue weighted by atomic mass is 16.5. The molecule has 2 aromatic heterocycles. The first-order chi connectivity index (χ1) is 16.9. The van der Waals surface area contributed by atoms with Crippen LogP contribution in [0.2, 0.25) is 0 Å². The van der Waals surface area contributed by atoms with Crippen molar-refractivity contribution in [2.24, 2.45) is 0 Å². The molecule has 9 nitrogen and oxygen atoms in total. The Hall–Kier alpha value is -4.66. The first-order valence-electron chi connectivity index (χ1n) is 10.5. The Labute approximate surface area is 200 Å². The minimum absolute atomic E-state index is 0.0511. The summed E-state index contributed by atoms with van der Waals surface area (Å²) in [7, 11) is 5.42. The number of hydrogen-bond acceptors (Lipinski definition) is 8. The van der Waals surface area contributed by atoms with Gasteiger partial charge in [0.05, 0.1) is 39.6 Å². The van der Waals surface area contributed by atoms with E-state index < -0.39 is 17.7 Å². The third kappa shape index (κ3) is 4.08. The van der Waals surface area contributed by atoms with E-state index in [0.29, 0.717) is 28.3 Å². The Morgan fingerprint density at radius 2 is 1.43 bits per heavy atom. The molecule has 0 bridgehead atoms. The van der Waals surface area contributed by atoms with Crippen molar-refractivity contribution in [1.29, 1.82) is 0 Å². The number of ether oxygens (including phenoxy) is 4. The quantitative estimate of drug-likeness (QED) is 0.294. The molecule has 0 amide bonds. The van der Waals surface area contributed by atoms with Crippen LogP contribution < -0.4 is 9.47 Å². The number of nitrogens with zero attached hydrogens (tertiary/aromatic N) is 2. The molecular formula is C26H22N2O7. The van der Waals surface area contributed by atoms with E-state index in [0.717, 1.165) is 0 Å². The maximum absolute atomic E-state index is 13.5. The van der Waals surface area contributed by atoms with E-state index >= 15 is 0 Å². The van der Waals surface area contributed by atoms with E-state index in [4.69, 9.17) is 18.9 Å². The summed E-state index contributed by atoms with van der Waals surface area (Å²) in [6.45, 7) is 0. The molecule has 2 aromatic carbocycles. The number of hydrogen-bond donors (Lipinski definition) is 0. The molecule has 0 aliphatic rings. The molecule has 35 heavy (non-hydrogen) atoms. The Kier molecular flexibility index (Phi) is 6.50. The third-order valence-corrected chi connectivity index (χ3v) is 5.54. The van der Waals surface area contributed by atoms with E-state index in [2.05, 4.69) is 4.98 Å². The van der Waals surface area contributed by atoms with Crippen LogP contribution >= 0.6 is 0 Å². The van der Waals surface area contributed by atoms with Crippen LogP contribution in [-0.4, -0.2) is 55.5 Å². The van der Waals surface area contributed by atoms with Crippen molar-refractivity contribution in [2.75, 3.05) is 28.4 Å². The average molecular weight is 474 g/mol. The topological polar surface area (TPSA) is 105 Å². The maximum Gasteiger partial charge on any atom is 0.341 e. The molecule has 0 spiro atoms. The fourth-order valence-electron chi connectivity index (χ4n) is 3.87. The van der Waals surface area contributed by atoms with Crippen LogP contribution in [0.5, 0.6) is 11.5 Å². The summed E-state index contributed by atoms with van der Waals surface area (Å²) in [5.74, 6) is -1.08. The normalized spacial score (nSPS) is 10.6. The predicted molar refractivity (Wildman–Crippen MR) is 126 cm³/mol. The first-order valence-corrected chi connectivity index (χ1v) is 10.5. The van der Waals surface area contributed by atoms with Crippen LogP contribution in [0.25, 0.3) is 16.8 Å². The van der Waals surface area contributed by atoms with E-state index in [1.54, 1.807) is 54.6 Å². The zero-order chi connectivity index (χ0) is 25.1. The second kappa shape index (κ2) is 9.68. The summed E-state index contributed by atoms with van der Waals surface area (Å²) in [6, 6.07) is 15.2. The molecule has 4 aromatic rings. The van der Waals surface area contributed by atoms with Crippen molar-refractivity contribution in [1.82, 2.24) is 9.38 Å². The number of carbonyl (C=O) groups is 3. The maximum atomic E-state index is 13.5. The van der Waals surface area contributed by atoms with Gasteiger partial charge in [0.25, 0.3) is 0 Å². The summed E-state index contributed by atoms with van der Waals surface area (Å²) in [6.07, 6.45) is 1.39. The fourth-order valence-corrected chi connectivity index (χ4v) is 3.87. The number of rotatable bonds is 7.